The molecule has 0 saturated carbocycles. The Kier molecular flexibility index (Phi) is 6.24. The maximum Gasteiger partial charge on any atom is 0.416 e. The van der Waals surface area contributed by atoms with Crippen molar-refractivity contribution in [3.63, 3.8) is 0 Å². The van der Waals surface area contributed by atoms with Crippen molar-refractivity contribution in [2.24, 2.45) is 0 Å². The van der Waals surface area contributed by atoms with Gasteiger partial charge in [-0.3, -0.25) is 4.79 Å². The third kappa shape index (κ3) is 5.31. The number of nitrogen functional groups attached to an aromatic ring is 1. The van der Waals surface area contributed by atoms with Crippen molar-refractivity contribution in [2.45, 2.75) is 29.7 Å². The third-order valence-corrected chi connectivity index (χ3v) is 5.08. The molecule has 0 bridgehead atoms. The lowest BCUT2D eigenvalue weighted by molar-refractivity contribution is -0.137. The summed E-state index contributed by atoms with van der Waals surface area (Å²) in [4.78, 5) is 13.3. The molecular formula is C17H16ClF3N2OS. The van der Waals surface area contributed by atoms with Crippen molar-refractivity contribution in [2.75, 3.05) is 11.1 Å². The molecule has 1 amide bonds. The van der Waals surface area contributed by atoms with Crippen molar-refractivity contribution in [3.8, 4) is 0 Å². The Bertz CT molecular complexity index is 751. The van der Waals surface area contributed by atoms with E-state index in [9.17, 15) is 18.0 Å². The fraction of sp³-hybridized carbons (Fsp3) is 0.235. The van der Waals surface area contributed by atoms with Crippen LogP contribution in [0.15, 0.2) is 47.4 Å². The molecule has 25 heavy (non-hydrogen) atoms. The molecule has 2 aromatic rings. The van der Waals surface area contributed by atoms with Gasteiger partial charge in [-0.2, -0.15) is 13.2 Å². The molecule has 3 N–H and O–H groups in total. The van der Waals surface area contributed by atoms with Gasteiger partial charge in [0.25, 0.3) is 0 Å². The SMILES string of the molecule is CCC(Sc1ccc(N)cc1)C(=O)Nc1cc(C(F)(F)F)ccc1Cl. The molecule has 8 heteroatoms. The first-order valence-electron chi connectivity index (χ1n) is 7.40. The van der Waals surface area contributed by atoms with Crippen LogP contribution >= 0.6 is 23.4 Å². The molecule has 0 aliphatic rings. The van der Waals surface area contributed by atoms with Crippen LogP contribution in [0.25, 0.3) is 0 Å². The molecule has 3 nitrogen and oxygen atoms in total. The smallest absolute Gasteiger partial charge is 0.399 e. The van der Waals surface area contributed by atoms with Gasteiger partial charge in [0.15, 0.2) is 0 Å². The predicted molar refractivity (Wildman–Crippen MR) is 95.9 cm³/mol. The number of halogens is 4. The van der Waals surface area contributed by atoms with Gasteiger partial charge < -0.3 is 11.1 Å². The van der Waals surface area contributed by atoms with E-state index in [1.807, 2.05) is 6.92 Å². The van der Waals surface area contributed by atoms with E-state index in [-0.39, 0.29) is 10.7 Å². The number of carbonyl (C=O) groups excluding carboxylic acids is 1. The molecule has 1 atom stereocenters. The Morgan fingerprint density at radius 3 is 2.44 bits per heavy atom. The summed E-state index contributed by atoms with van der Waals surface area (Å²) in [5.74, 6) is -0.412. The van der Waals surface area contributed by atoms with Crippen LogP contribution in [-0.2, 0) is 11.0 Å². The number of amides is 1. The van der Waals surface area contributed by atoms with Crippen LogP contribution in [0, 0.1) is 0 Å². The minimum absolute atomic E-state index is 0.0497. The first kappa shape index (κ1) is 19.5. The molecule has 1 unspecified atom stereocenters. The molecule has 2 rings (SSSR count). The number of anilines is 2. The van der Waals surface area contributed by atoms with Gasteiger partial charge in [-0.05, 0) is 48.9 Å². The number of thioether (sulfide) groups is 1. The van der Waals surface area contributed by atoms with Crippen molar-refractivity contribution in [1.29, 1.82) is 0 Å². The number of alkyl halides is 3. The molecular weight excluding hydrogens is 373 g/mol. The summed E-state index contributed by atoms with van der Waals surface area (Å²) in [5.41, 5.74) is 5.31. The topological polar surface area (TPSA) is 55.1 Å². The zero-order chi connectivity index (χ0) is 18.6. The normalized spacial score (nSPS) is 12.7. The van der Waals surface area contributed by atoms with E-state index in [4.69, 9.17) is 17.3 Å². The second-order valence-electron chi connectivity index (χ2n) is 5.27. The average Bonchev–Trinajstić information content (AvgIpc) is 2.55. The second-order valence-corrected chi connectivity index (χ2v) is 6.95. The number of carbonyl (C=O) groups is 1. The molecule has 0 heterocycles. The minimum Gasteiger partial charge on any atom is -0.399 e. The van der Waals surface area contributed by atoms with E-state index >= 15 is 0 Å². The van der Waals surface area contributed by atoms with Crippen LogP contribution in [-0.4, -0.2) is 11.2 Å². The highest BCUT2D eigenvalue weighted by molar-refractivity contribution is 8.00. The average molecular weight is 389 g/mol. The molecule has 2 aromatic carbocycles. The molecule has 0 spiro atoms. The fourth-order valence-corrected chi connectivity index (χ4v) is 3.16. The number of rotatable bonds is 5. The second kappa shape index (κ2) is 8.01. The maximum absolute atomic E-state index is 12.8. The van der Waals surface area contributed by atoms with Crippen molar-refractivity contribution >= 4 is 40.6 Å². The Hall–Kier alpha value is -1.86. The Balaban J connectivity index is 2.15. The fourth-order valence-electron chi connectivity index (χ4n) is 2.04. The standard InChI is InChI=1S/C17H16ClF3N2OS/c1-2-15(25-12-6-4-11(22)5-7-12)16(24)23-14-9-10(17(19,20)21)3-8-13(14)18/h3-9,15H,2,22H2,1H3,(H,23,24). The molecule has 0 fully saturated rings. The van der Waals surface area contributed by atoms with E-state index in [0.717, 1.165) is 23.1 Å². The van der Waals surface area contributed by atoms with Gasteiger partial charge in [0.05, 0.1) is 21.5 Å². The van der Waals surface area contributed by atoms with Gasteiger partial charge in [-0.1, -0.05) is 18.5 Å². The van der Waals surface area contributed by atoms with Gasteiger partial charge in [0.2, 0.25) is 5.91 Å². The van der Waals surface area contributed by atoms with Crippen LogP contribution in [0.1, 0.15) is 18.9 Å². The van der Waals surface area contributed by atoms with Crippen molar-refractivity contribution < 1.29 is 18.0 Å². The van der Waals surface area contributed by atoms with Gasteiger partial charge >= 0.3 is 6.18 Å². The van der Waals surface area contributed by atoms with Crippen molar-refractivity contribution in [1.82, 2.24) is 0 Å². The Morgan fingerprint density at radius 2 is 1.88 bits per heavy atom. The largest absolute Gasteiger partial charge is 0.416 e. The lowest BCUT2D eigenvalue weighted by atomic mass is 10.2. The summed E-state index contributed by atoms with van der Waals surface area (Å²) in [5, 5.41) is 2.06. The lowest BCUT2D eigenvalue weighted by Gasteiger charge is -2.16. The van der Waals surface area contributed by atoms with Crippen LogP contribution < -0.4 is 11.1 Å². The monoisotopic (exact) mass is 388 g/mol. The number of nitrogens with one attached hydrogen (secondary N) is 1. The summed E-state index contributed by atoms with van der Waals surface area (Å²) in [7, 11) is 0. The first-order chi connectivity index (χ1) is 11.7. The van der Waals surface area contributed by atoms with Crippen LogP contribution in [0.4, 0.5) is 24.5 Å². The highest BCUT2D eigenvalue weighted by atomic mass is 35.5. The molecule has 0 saturated heterocycles. The summed E-state index contributed by atoms with van der Waals surface area (Å²) >= 11 is 7.22. The van der Waals surface area contributed by atoms with E-state index in [0.29, 0.717) is 12.1 Å². The number of benzene rings is 2. The molecule has 0 aromatic heterocycles. The summed E-state index contributed by atoms with van der Waals surface area (Å²) in [6, 6.07) is 9.83. The molecule has 0 aliphatic carbocycles. The Labute approximate surface area is 152 Å². The quantitative estimate of drug-likeness (QED) is 0.529. The van der Waals surface area contributed by atoms with Crippen LogP contribution in [0.5, 0.6) is 0 Å². The van der Waals surface area contributed by atoms with Gasteiger partial charge in [0, 0.05) is 10.6 Å². The van der Waals surface area contributed by atoms with Crippen molar-refractivity contribution in [3.05, 3.63) is 53.1 Å². The minimum atomic E-state index is -4.51. The first-order valence-corrected chi connectivity index (χ1v) is 8.66. The molecule has 0 radical (unpaired) electrons. The van der Waals surface area contributed by atoms with Gasteiger partial charge in [-0.25, -0.2) is 0 Å². The number of hydrogen-bond donors (Lipinski definition) is 2. The maximum atomic E-state index is 12.8. The third-order valence-electron chi connectivity index (χ3n) is 3.37. The summed E-state index contributed by atoms with van der Waals surface area (Å²) in [6.45, 7) is 1.82. The lowest BCUT2D eigenvalue weighted by Crippen LogP contribution is -2.25. The number of nitrogens with two attached hydrogens (primary N) is 1. The Morgan fingerprint density at radius 1 is 1.24 bits per heavy atom. The predicted octanol–water partition coefficient (Wildman–Crippen LogP) is 5.45. The highest BCUT2D eigenvalue weighted by Crippen LogP contribution is 2.34. The van der Waals surface area contributed by atoms with Crippen LogP contribution in [0.3, 0.4) is 0 Å². The van der Waals surface area contributed by atoms with Crippen LogP contribution in [0.2, 0.25) is 5.02 Å². The van der Waals surface area contributed by atoms with E-state index in [1.165, 1.54) is 11.8 Å². The van der Waals surface area contributed by atoms with E-state index < -0.39 is 22.9 Å². The van der Waals surface area contributed by atoms with Gasteiger partial charge in [-0.15, -0.1) is 11.8 Å². The van der Waals surface area contributed by atoms with E-state index in [1.54, 1.807) is 24.3 Å². The van der Waals surface area contributed by atoms with E-state index in [2.05, 4.69) is 5.32 Å². The summed E-state index contributed by atoms with van der Waals surface area (Å²) < 4.78 is 38.4. The molecule has 134 valence electrons. The summed E-state index contributed by atoms with van der Waals surface area (Å²) in [6.07, 6.45) is -4.01. The zero-order valence-corrected chi connectivity index (χ0v) is 14.8. The van der Waals surface area contributed by atoms with Gasteiger partial charge in [0.1, 0.15) is 0 Å². The number of hydrogen-bond acceptors (Lipinski definition) is 3. The highest BCUT2D eigenvalue weighted by Gasteiger charge is 2.31. The molecule has 0 aliphatic heterocycles. The zero-order valence-electron chi connectivity index (χ0n) is 13.2.